The van der Waals surface area contributed by atoms with Crippen LogP contribution in [0, 0.1) is 0 Å². The molecule has 3 aromatic rings. The van der Waals surface area contributed by atoms with Gasteiger partial charge in [-0.05, 0) is 12.1 Å². The van der Waals surface area contributed by atoms with Crippen LogP contribution in [0.1, 0.15) is 0 Å². The summed E-state index contributed by atoms with van der Waals surface area (Å²) in [6, 6.07) is 19.5. The Morgan fingerprint density at radius 3 is 2.29 bits per heavy atom. The number of rotatable bonds is 7. The molecule has 28 heavy (non-hydrogen) atoms. The van der Waals surface area contributed by atoms with Gasteiger partial charge in [-0.3, -0.25) is 14.2 Å². The van der Waals surface area contributed by atoms with Gasteiger partial charge < -0.3 is 10.2 Å². The van der Waals surface area contributed by atoms with Gasteiger partial charge in [0.2, 0.25) is 11.8 Å². The molecule has 1 aromatic heterocycles. The molecule has 0 saturated carbocycles. The number of hydrogen-bond acceptors (Lipinski definition) is 5. The van der Waals surface area contributed by atoms with E-state index in [1.165, 1.54) is 16.7 Å². The van der Waals surface area contributed by atoms with E-state index in [-0.39, 0.29) is 24.1 Å². The van der Waals surface area contributed by atoms with E-state index in [2.05, 4.69) is 15.5 Å². The number of amides is 2. The molecular weight excluding hydrogens is 374 g/mol. The number of para-hydroxylation sites is 1. The molecular formula is C20H21N5O2S. The third kappa shape index (κ3) is 4.77. The van der Waals surface area contributed by atoms with E-state index in [0.717, 1.165) is 11.3 Å². The lowest BCUT2D eigenvalue weighted by Crippen LogP contribution is -2.37. The quantitative estimate of drug-likeness (QED) is 0.621. The predicted molar refractivity (Wildman–Crippen MR) is 109 cm³/mol. The Hall–Kier alpha value is -3.13. The van der Waals surface area contributed by atoms with Crippen LogP contribution in [0.3, 0.4) is 0 Å². The number of hydrogen-bond donors (Lipinski definition) is 1. The number of carbonyl (C=O) groups excluding carboxylic acids is 2. The first kappa shape index (κ1) is 19.6. The predicted octanol–water partition coefficient (Wildman–Crippen LogP) is 2.23. The number of thioether (sulfide) groups is 1. The summed E-state index contributed by atoms with van der Waals surface area (Å²) in [5.74, 6) is 0.458. The first-order valence-corrected chi connectivity index (χ1v) is 9.70. The molecule has 0 bridgehead atoms. The van der Waals surface area contributed by atoms with Gasteiger partial charge in [0.25, 0.3) is 0 Å². The second kappa shape index (κ2) is 9.18. The van der Waals surface area contributed by atoms with Crippen molar-refractivity contribution < 1.29 is 9.59 Å². The molecule has 0 aliphatic heterocycles. The topological polar surface area (TPSA) is 80.1 Å². The monoisotopic (exact) mass is 395 g/mol. The zero-order valence-corrected chi connectivity index (χ0v) is 16.5. The van der Waals surface area contributed by atoms with Crippen LogP contribution in [0.5, 0.6) is 0 Å². The van der Waals surface area contributed by atoms with Crippen LogP contribution in [0.2, 0.25) is 0 Å². The number of likely N-dealkylation sites (N-methyl/N-ethyl adjacent to an activating group) is 1. The standard InChI is InChI=1S/C20H21N5O2S/c1-24(2)18(27)13-21-17(26)14-28-20-23-22-19(15-9-5-3-6-10-15)25(20)16-11-7-4-8-12-16/h3-12H,13-14H2,1-2H3,(H,21,26). The zero-order chi connectivity index (χ0) is 19.9. The fourth-order valence-corrected chi connectivity index (χ4v) is 3.24. The van der Waals surface area contributed by atoms with Crippen molar-refractivity contribution in [1.82, 2.24) is 25.0 Å². The van der Waals surface area contributed by atoms with E-state index in [9.17, 15) is 9.59 Å². The van der Waals surface area contributed by atoms with Crippen molar-refractivity contribution >= 4 is 23.6 Å². The summed E-state index contributed by atoms with van der Waals surface area (Å²) < 4.78 is 1.93. The average Bonchev–Trinajstić information content (AvgIpc) is 3.15. The summed E-state index contributed by atoms with van der Waals surface area (Å²) in [5, 5.41) is 11.9. The minimum absolute atomic E-state index is 0.0208. The third-order valence-corrected chi connectivity index (χ3v) is 4.88. The van der Waals surface area contributed by atoms with Gasteiger partial charge in [-0.1, -0.05) is 60.3 Å². The number of nitrogens with zero attached hydrogens (tertiary/aromatic N) is 4. The van der Waals surface area contributed by atoms with Crippen molar-refractivity contribution in [2.75, 3.05) is 26.4 Å². The second-order valence-corrected chi connectivity index (χ2v) is 7.14. The SMILES string of the molecule is CN(C)C(=O)CNC(=O)CSc1nnc(-c2ccccc2)n1-c1ccccc1. The van der Waals surface area contributed by atoms with Crippen LogP contribution in [-0.4, -0.2) is 57.9 Å². The molecule has 0 unspecified atom stereocenters. The van der Waals surface area contributed by atoms with Crippen LogP contribution >= 0.6 is 11.8 Å². The normalized spacial score (nSPS) is 10.5. The third-order valence-electron chi connectivity index (χ3n) is 3.95. The average molecular weight is 395 g/mol. The van der Waals surface area contributed by atoms with Gasteiger partial charge in [0.1, 0.15) is 0 Å². The highest BCUT2D eigenvalue weighted by molar-refractivity contribution is 7.99. The maximum atomic E-state index is 12.1. The Morgan fingerprint density at radius 1 is 1.00 bits per heavy atom. The van der Waals surface area contributed by atoms with Gasteiger partial charge >= 0.3 is 0 Å². The Kier molecular flexibility index (Phi) is 6.44. The summed E-state index contributed by atoms with van der Waals surface area (Å²) in [7, 11) is 3.30. The van der Waals surface area contributed by atoms with Crippen molar-refractivity contribution in [3.05, 3.63) is 60.7 Å². The fraction of sp³-hybridized carbons (Fsp3) is 0.200. The van der Waals surface area contributed by atoms with Crippen molar-refractivity contribution in [1.29, 1.82) is 0 Å². The molecule has 7 nitrogen and oxygen atoms in total. The molecule has 3 rings (SSSR count). The second-order valence-electron chi connectivity index (χ2n) is 6.20. The van der Waals surface area contributed by atoms with E-state index in [1.54, 1.807) is 14.1 Å². The Bertz CT molecular complexity index is 942. The van der Waals surface area contributed by atoms with Gasteiger partial charge in [-0.2, -0.15) is 0 Å². The number of nitrogens with one attached hydrogen (secondary N) is 1. The van der Waals surface area contributed by atoms with Crippen molar-refractivity contribution in [2.24, 2.45) is 0 Å². The largest absolute Gasteiger partial charge is 0.347 e. The lowest BCUT2D eigenvalue weighted by molar-refractivity contribution is -0.130. The van der Waals surface area contributed by atoms with Crippen LogP contribution in [0.15, 0.2) is 65.8 Å². The minimum Gasteiger partial charge on any atom is -0.347 e. The molecule has 2 amide bonds. The van der Waals surface area contributed by atoms with Crippen molar-refractivity contribution in [3.8, 4) is 17.1 Å². The molecule has 0 spiro atoms. The zero-order valence-electron chi connectivity index (χ0n) is 15.7. The van der Waals surface area contributed by atoms with Crippen LogP contribution in [-0.2, 0) is 9.59 Å². The first-order valence-electron chi connectivity index (χ1n) is 8.72. The van der Waals surface area contributed by atoms with E-state index in [4.69, 9.17) is 0 Å². The molecule has 0 fully saturated rings. The smallest absolute Gasteiger partial charge is 0.241 e. The fourth-order valence-electron chi connectivity index (χ4n) is 2.46. The summed E-state index contributed by atoms with van der Waals surface area (Å²) in [6.07, 6.45) is 0. The van der Waals surface area contributed by atoms with E-state index in [1.807, 2.05) is 65.2 Å². The van der Waals surface area contributed by atoms with Crippen molar-refractivity contribution in [3.63, 3.8) is 0 Å². The van der Waals surface area contributed by atoms with Gasteiger partial charge in [0, 0.05) is 25.3 Å². The first-order chi connectivity index (χ1) is 13.6. The van der Waals surface area contributed by atoms with Crippen molar-refractivity contribution in [2.45, 2.75) is 5.16 Å². The lowest BCUT2D eigenvalue weighted by Gasteiger charge is -2.11. The molecule has 0 aliphatic carbocycles. The number of benzene rings is 2. The molecule has 8 heteroatoms. The molecule has 1 N–H and O–H groups in total. The molecule has 2 aromatic carbocycles. The molecule has 0 atom stereocenters. The summed E-state index contributed by atoms with van der Waals surface area (Å²) in [4.78, 5) is 25.1. The van der Waals surface area contributed by atoms with Gasteiger partial charge in [-0.15, -0.1) is 10.2 Å². The summed E-state index contributed by atoms with van der Waals surface area (Å²) in [6.45, 7) is -0.0208. The molecule has 0 aliphatic rings. The van der Waals surface area contributed by atoms with E-state index >= 15 is 0 Å². The molecule has 144 valence electrons. The Balaban J connectivity index is 1.79. The maximum Gasteiger partial charge on any atom is 0.241 e. The Morgan fingerprint density at radius 2 is 1.64 bits per heavy atom. The summed E-state index contributed by atoms with van der Waals surface area (Å²) in [5.41, 5.74) is 1.85. The highest BCUT2D eigenvalue weighted by atomic mass is 32.2. The molecule has 0 saturated heterocycles. The molecule has 0 radical (unpaired) electrons. The van der Waals surface area contributed by atoms with Gasteiger partial charge in [0.05, 0.1) is 12.3 Å². The number of carbonyl (C=O) groups is 2. The summed E-state index contributed by atoms with van der Waals surface area (Å²) >= 11 is 1.28. The highest BCUT2D eigenvalue weighted by Gasteiger charge is 2.17. The number of aromatic nitrogens is 3. The van der Waals surface area contributed by atoms with Gasteiger partial charge in [0.15, 0.2) is 11.0 Å². The van der Waals surface area contributed by atoms with Gasteiger partial charge in [-0.25, -0.2) is 0 Å². The van der Waals surface area contributed by atoms with Crippen LogP contribution in [0.4, 0.5) is 0 Å². The van der Waals surface area contributed by atoms with Crippen LogP contribution in [0.25, 0.3) is 17.1 Å². The molecule has 1 heterocycles. The van der Waals surface area contributed by atoms with E-state index < -0.39 is 0 Å². The maximum absolute atomic E-state index is 12.1. The van der Waals surface area contributed by atoms with Crippen LogP contribution < -0.4 is 5.32 Å². The highest BCUT2D eigenvalue weighted by Crippen LogP contribution is 2.27. The Labute approximate surface area is 167 Å². The van der Waals surface area contributed by atoms with E-state index in [0.29, 0.717) is 11.0 Å². The minimum atomic E-state index is -0.232. The lowest BCUT2D eigenvalue weighted by atomic mass is 10.2.